The molecule has 13 heteroatoms. The van der Waals surface area contributed by atoms with Crippen molar-refractivity contribution in [1.82, 2.24) is 4.31 Å². The maximum atomic E-state index is 13.3. The Morgan fingerprint density at radius 2 is 1.78 bits per heavy atom. The van der Waals surface area contributed by atoms with Crippen molar-refractivity contribution in [2.24, 2.45) is 5.14 Å². The number of hydrogen-bond acceptors (Lipinski definition) is 8. The number of hydrogen-bond donors (Lipinski definition) is 1. The van der Waals surface area contributed by atoms with Crippen molar-refractivity contribution in [2.75, 3.05) is 4.90 Å². The molecule has 2 aromatic heterocycles. The first-order chi connectivity index (χ1) is 15.1. The van der Waals surface area contributed by atoms with Crippen molar-refractivity contribution in [1.29, 1.82) is 0 Å². The predicted molar refractivity (Wildman–Crippen MR) is 114 cm³/mol. The van der Waals surface area contributed by atoms with Gasteiger partial charge in [-0.05, 0) is 47.8 Å². The smallest absolute Gasteiger partial charge is 0.253 e. The molecule has 1 fully saturated rings. The Kier molecular flexibility index (Phi) is 5.77. The fourth-order valence-corrected chi connectivity index (χ4v) is 6.52. The number of sulfonamides is 2. The van der Waals surface area contributed by atoms with Crippen LogP contribution in [0.5, 0.6) is 0 Å². The molecule has 0 bridgehead atoms. The third-order valence-corrected chi connectivity index (χ3v) is 9.00. The minimum atomic E-state index is -4.11. The maximum absolute atomic E-state index is 13.3. The topological polar surface area (TPSA) is 148 Å². The Morgan fingerprint density at radius 3 is 2.34 bits per heavy atom. The first-order valence-electron chi connectivity index (χ1n) is 9.16. The molecule has 3 heterocycles. The van der Waals surface area contributed by atoms with Gasteiger partial charge >= 0.3 is 0 Å². The molecule has 1 unspecified atom stereocenters. The molecule has 1 aliphatic heterocycles. The molecule has 1 aromatic carbocycles. The molecule has 0 saturated carbocycles. The van der Waals surface area contributed by atoms with Crippen molar-refractivity contribution >= 4 is 48.9 Å². The van der Waals surface area contributed by atoms with Crippen molar-refractivity contribution in [3.8, 4) is 0 Å². The first kappa shape index (κ1) is 22.4. The summed E-state index contributed by atoms with van der Waals surface area (Å²) in [5.41, 5.74) is 0.112. The minimum Gasteiger partial charge on any atom is -0.468 e. The monoisotopic (exact) mass is 495 g/mol. The van der Waals surface area contributed by atoms with Crippen LogP contribution in [0.3, 0.4) is 0 Å². The molecule has 32 heavy (non-hydrogen) atoms. The van der Waals surface area contributed by atoms with E-state index in [4.69, 9.17) is 9.56 Å². The van der Waals surface area contributed by atoms with Crippen LogP contribution in [0.4, 0.5) is 5.69 Å². The van der Waals surface area contributed by atoms with E-state index in [0.29, 0.717) is 5.76 Å². The zero-order chi connectivity index (χ0) is 23.1. The van der Waals surface area contributed by atoms with Crippen LogP contribution in [0.1, 0.15) is 12.2 Å². The van der Waals surface area contributed by atoms with E-state index in [1.54, 1.807) is 23.6 Å². The second-order valence-corrected chi connectivity index (χ2v) is 11.5. The van der Waals surface area contributed by atoms with Crippen molar-refractivity contribution in [3.63, 3.8) is 0 Å². The molecule has 0 radical (unpaired) electrons. The highest BCUT2D eigenvalue weighted by atomic mass is 32.2. The highest BCUT2D eigenvalue weighted by Gasteiger charge is 2.47. The van der Waals surface area contributed by atoms with Crippen LogP contribution >= 0.6 is 11.3 Å². The lowest BCUT2D eigenvalue weighted by Crippen LogP contribution is -2.44. The van der Waals surface area contributed by atoms with E-state index in [0.717, 1.165) is 20.5 Å². The number of imide groups is 1. The zero-order valence-electron chi connectivity index (χ0n) is 16.3. The summed E-state index contributed by atoms with van der Waals surface area (Å²) in [5.74, 6) is -1.06. The number of nitrogens with two attached hydrogens (primary N) is 1. The number of carbonyl (C=O) groups excluding carboxylic acids is 2. The quantitative estimate of drug-likeness (QED) is 0.489. The standard InChI is InChI=1S/C19H17N3O7S3/c20-31(25,26)15-7-5-13(6-8-15)22-17(23)11-16(19(22)24)21(12-14-3-1-9-29-14)32(27,28)18-4-2-10-30-18/h1-10,16H,11-12H2,(H2,20,25,26). The summed E-state index contributed by atoms with van der Waals surface area (Å²) in [6.45, 7) is -0.241. The van der Waals surface area contributed by atoms with Gasteiger partial charge in [-0.2, -0.15) is 4.31 Å². The molecule has 3 aromatic rings. The van der Waals surface area contributed by atoms with Gasteiger partial charge in [-0.25, -0.2) is 26.9 Å². The van der Waals surface area contributed by atoms with Gasteiger partial charge < -0.3 is 4.42 Å². The number of benzene rings is 1. The number of anilines is 1. The molecule has 168 valence electrons. The second kappa shape index (κ2) is 8.26. The molecule has 1 aliphatic rings. The molecule has 1 saturated heterocycles. The summed E-state index contributed by atoms with van der Waals surface area (Å²) in [6, 6.07) is 9.73. The number of amides is 2. The SMILES string of the molecule is NS(=O)(=O)c1ccc(N2C(=O)CC(N(Cc3ccco3)S(=O)(=O)c3cccs3)C2=O)cc1. The normalized spacial score (nSPS) is 17.4. The minimum absolute atomic E-state index is 0.0280. The molecule has 0 spiro atoms. The van der Waals surface area contributed by atoms with Crippen LogP contribution in [-0.4, -0.2) is 39.0 Å². The van der Waals surface area contributed by atoms with Crippen molar-refractivity contribution in [3.05, 3.63) is 65.9 Å². The third kappa shape index (κ3) is 4.12. The fourth-order valence-electron chi connectivity index (χ4n) is 3.34. The average molecular weight is 496 g/mol. The molecule has 1 atom stereocenters. The number of carbonyl (C=O) groups is 2. The molecule has 10 nitrogen and oxygen atoms in total. The van der Waals surface area contributed by atoms with Gasteiger partial charge in [0.05, 0.1) is 29.8 Å². The van der Waals surface area contributed by atoms with Gasteiger partial charge in [-0.15, -0.1) is 11.3 Å². The number of rotatable bonds is 7. The van der Waals surface area contributed by atoms with Gasteiger partial charge in [0.2, 0.25) is 15.9 Å². The van der Waals surface area contributed by atoms with Crippen LogP contribution in [0.2, 0.25) is 0 Å². The van der Waals surface area contributed by atoms with Gasteiger partial charge in [0.15, 0.2) is 0 Å². The van der Waals surface area contributed by atoms with Gasteiger partial charge in [0.25, 0.3) is 15.9 Å². The lowest BCUT2D eigenvalue weighted by Gasteiger charge is -2.25. The summed E-state index contributed by atoms with van der Waals surface area (Å²) in [5, 5.41) is 6.67. The summed E-state index contributed by atoms with van der Waals surface area (Å²) >= 11 is 0.994. The molecule has 2 amide bonds. The summed E-state index contributed by atoms with van der Waals surface area (Å²) < 4.78 is 55.8. The molecular weight excluding hydrogens is 478 g/mol. The van der Waals surface area contributed by atoms with Crippen molar-refractivity contribution < 1.29 is 30.8 Å². The first-order valence-corrected chi connectivity index (χ1v) is 13.0. The third-order valence-electron chi connectivity index (χ3n) is 4.84. The largest absolute Gasteiger partial charge is 0.468 e. The Labute approximate surface area is 188 Å². The van der Waals surface area contributed by atoms with Gasteiger partial charge in [0.1, 0.15) is 16.0 Å². The fraction of sp³-hybridized carbons (Fsp3) is 0.158. The van der Waals surface area contributed by atoms with E-state index in [9.17, 15) is 26.4 Å². The number of primary sulfonamides is 1. The Hall–Kier alpha value is -2.84. The summed E-state index contributed by atoms with van der Waals surface area (Å²) in [6.07, 6.45) is 1.01. The Bertz CT molecular complexity index is 1350. The second-order valence-electron chi connectivity index (χ2n) is 6.89. The van der Waals surface area contributed by atoms with Gasteiger partial charge in [-0.1, -0.05) is 6.07 Å². The zero-order valence-corrected chi connectivity index (χ0v) is 18.8. The van der Waals surface area contributed by atoms with E-state index < -0.39 is 37.9 Å². The molecular formula is C19H17N3O7S3. The molecule has 4 rings (SSSR count). The number of furan rings is 1. The van der Waals surface area contributed by atoms with E-state index in [-0.39, 0.29) is 27.8 Å². The predicted octanol–water partition coefficient (Wildman–Crippen LogP) is 1.51. The van der Waals surface area contributed by atoms with Crippen LogP contribution in [0.25, 0.3) is 0 Å². The van der Waals surface area contributed by atoms with Crippen LogP contribution in [-0.2, 0) is 36.2 Å². The van der Waals surface area contributed by atoms with E-state index in [2.05, 4.69) is 0 Å². The van der Waals surface area contributed by atoms with Gasteiger partial charge in [-0.3, -0.25) is 9.59 Å². The Balaban J connectivity index is 1.70. The lowest BCUT2D eigenvalue weighted by molar-refractivity contribution is -0.122. The number of nitrogens with zero attached hydrogens (tertiary/aromatic N) is 2. The lowest BCUT2D eigenvalue weighted by atomic mass is 10.2. The summed E-state index contributed by atoms with van der Waals surface area (Å²) in [4.78, 5) is 26.6. The highest BCUT2D eigenvalue weighted by molar-refractivity contribution is 7.91. The molecule has 0 aliphatic carbocycles. The van der Waals surface area contributed by atoms with Crippen LogP contribution in [0, 0.1) is 0 Å². The van der Waals surface area contributed by atoms with E-state index in [1.165, 1.54) is 36.6 Å². The maximum Gasteiger partial charge on any atom is 0.253 e. The van der Waals surface area contributed by atoms with E-state index in [1.807, 2.05) is 0 Å². The van der Waals surface area contributed by atoms with Crippen molar-refractivity contribution in [2.45, 2.75) is 28.1 Å². The highest BCUT2D eigenvalue weighted by Crippen LogP contribution is 2.32. The van der Waals surface area contributed by atoms with Crippen LogP contribution in [0.15, 0.2) is 73.7 Å². The average Bonchev–Trinajstić information content (AvgIpc) is 3.48. The number of thiophene rings is 1. The van der Waals surface area contributed by atoms with Crippen LogP contribution < -0.4 is 10.0 Å². The van der Waals surface area contributed by atoms with Gasteiger partial charge in [0, 0.05) is 0 Å². The summed E-state index contributed by atoms with van der Waals surface area (Å²) in [7, 11) is -8.06. The van der Waals surface area contributed by atoms with E-state index >= 15 is 0 Å². The Morgan fingerprint density at radius 1 is 1.06 bits per heavy atom. The molecule has 2 N–H and O–H groups in total.